The maximum absolute atomic E-state index is 5.54. The number of hydrogen-bond acceptors (Lipinski definition) is 0. The summed E-state index contributed by atoms with van der Waals surface area (Å²) in [6.07, 6.45) is 2.65. The summed E-state index contributed by atoms with van der Waals surface area (Å²) in [7, 11) is 5.54. The zero-order valence-corrected chi connectivity index (χ0v) is 3.07. The van der Waals surface area contributed by atoms with Crippen molar-refractivity contribution in [3.05, 3.63) is 0 Å². The van der Waals surface area contributed by atoms with Gasteiger partial charge >= 0.3 is 0 Å². The van der Waals surface area contributed by atoms with Crippen LogP contribution < -0.4 is 0 Å². The summed E-state index contributed by atoms with van der Waals surface area (Å²) >= 11 is 0. The van der Waals surface area contributed by atoms with Crippen molar-refractivity contribution in [1.29, 1.82) is 0 Å². The molecule has 2 aliphatic carbocycles. The standard InChI is InChI=1S/C4H5B/c5-4-1-3(4)2-4/h3H,1-2H2. The number of hydrogen-bond donors (Lipinski definition) is 0. The minimum absolute atomic E-state index is 0.417. The molecule has 0 bridgehead atoms. The van der Waals surface area contributed by atoms with Crippen LogP contribution in [0.2, 0.25) is 5.31 Å². The summed E-state index contributed by atoms with van der Waals surface area (Å²) in [6, 6.07) is 0. The molecule has 0 spiro atoms. The summed E-state index contributed by atoms with van der Waals surface area (Å²) in [5, 5.41) is 0.417. The molecule has 0 atom stereocenters. The zero-order valence-electron chi connectivity index (χ0n) is 3.07. The van der Waals surface area contributed by atoms with Crippen molar-refractivity contribution < 1.29 is 0 Å². The lowest BCUT2D eigenvalue weighted by Gasteiger charge is -1.79. The largest absolute Gasteiger partial charge is 0.0750 e. The lowest BCUT2D eigenvalue weighted by atomic mass is 9.93. The molecule has 0 amide bonds. The van der Waals surface area contributed by atoms with Crippen LogP contribution in [0.3, 0.4) is 0 Å². The van der Waals surface area contributed by atoms with Crippen LogP contribution in [0.15, 0.2) is 0 Å². The third-order valence-electron chi connectivity index (χ3n) is 1.75. The number of rotatable bonds is 0. The minimum atomic E-state index is 0.417. The highest BCUT2D eigenvalue weighted by atomic mass is 14.7. The topological polar surface area (TPSA) is 0 Å². The van der Waals surface area contributed by atoms with E-state index in [1.807, 2.05) is 0 Å². The molecule has 2 aliphatic rings. The van der Waals surface area contributed by atoms with Crippen molar-refractivity contribution in [2.24, 2.45) is 5.92 Å². The van der Waals surface area contributed by atoms with E-state index in [1.165, 1.54) is 12.8 Å². The SMILES string of the molecule is [B]C12CC1C2. The molecule has 5 heavy (non-hydrogen) atoms. The van der Waals surface area contributed by atoms with Crippen molar-refractivity contribution in [3.8, 4) is 0 Å². The highest BCUT2D eigenvalue weighted by Gasteiger charge is 2.64. The second-order valence-electron chi connectivity index (χ2n) is 2.34. The molecule has 0 aromatic rings. The maximum atomic E-state index is 5.54. The van der Waals surface area contributed by atoms with Gasteiger partial charge in [-0.15, -0.1) is 0 Å². The molecule has 0 nitrogen and oxygen atoms in total. The molecule has 1 heteroatoms. The van der Waals surface area contributed by atoms with Gasteiger partial charge in [0.25, 0.3) is 0 Å². The molecule has 0 N–H and O–H groups in total. The highest BCUT2D eigenvalue weighted by molar-refractivity contribution is 6.20. The monoisotopic (exact) mass is 64.0 g/mol. The summed E-state index contributed by atoms with van der Waals surface area (Å²) < 4.78 is 0. The van der Waals surface area contributed by atoms with Gasteiger partial charge in [0.05, 0.1) is 7.85 Å². The van der Waals surface area contributed by atoms with Crippen molar-refractivity contribution in [2.45, 2.75) is 18.2 Å². The summed E-state index contributed by atoms with van der Waals surface area (Å²) in [6.45, 7) is 0. The van der Waals surface area contributed by atoms with E-state index in [0.29, 0.717) is 5.31 Å². The minimum Gasteiger partial charge on any atom is -0.0628 e. The first-order valence-electron chi connectivity index (χ1n) is 2.10. The van der Waals surface area contributed by atoms with Gasteiger partial charge in [-0.25, -0.2) is 0 Å². The first kappa shape index (κ1) is 2.28. The Morgan fingerprint density at radius 2 is 1.80 bits per heavy atom. The number of fused-ring (bicyclic) bond motifs is 1. The van der Waals surface area contributed by atoms with E-state index in [0.717, 1.165) is 5.92 Å². The van der Waals surface area contributed by atoms with Crippen LogP contribution in [0.25, 0.3) is 0 Å². The first-order valence-corrected chi connectivity index (χ1v) is 2.10. The Hall–Kier alpha value is 0.0649. The smallest absolute Gasteiger partial charge is 0.0628 e. The van der Waals surface area contributed by atoms with E-state index in [1.54, 1.807) is 0 Å². The van der Waals surface area contributed by atoms with Crippen LogP contribution in [0.4, 0.5) is 0 Å². The van der Waals surface area contributed by atoms with E-state index >= 15 is 0 Å². The van der Waals surface area contributed by atoms with Crippen LogP contribution >= 0.6 is 0 Å². The average molecular weight is 63.9 g/mol. The molecule has 2 radical (unpaired) electrons. The molecule has 0 heterocycles. The zero-order chi connectivity index (χ0) is 3.49. The molecule has 0 aromatic carbocycles. The lowest BCUT2D eigenvalue weighted by Crippen LogP contribution is -1.67. The van der Waals surface area contributed by atoms with Crippen molar-refractivity contribution in [2.75, 3.05) is 0 Å². The van der Waals surface area contributed by atoms with Gasteiger partial charge in [-0.05, 0) is 5.92 Å². The van der Waals surface area contributed by atoms with Crippen molar-refractivity contribution in [1.82, 2.24) is 0 Å². The van der Waals surface area contributed by atoms with E-state index in [4.69, 9.17) is 7.85 Å². The lowest BCUT2D eigenvalue weighted by molar-refractivity contribution is 0.925. The first-order chi connectivity index (χ1) is 2.31. The Bertz CT molecular complexity index is 71.7. The van der Waals surface area contributed by atoms with Gasteiger partial charge in [0, 0.05) is 0 Å². The van der Waals surface area contributed by atoms with Crippen LogP contribution in [0, 0.1) is 5.92 Å². The maximum Gasteiger partial charge on any atom is 0.0750 e. The molecule has 0 aliphatic heterocycles. The molecule has 24 valence electrons. The molecular formula is C4H5B. The second-order valence-corrected chi connectivity index (χ2v) is 2.34. The summed E-state index contributed by atoms with van der Waals surface area (Å²) in [5.41, 5.74) is 0. The van der Waals surface area contributed by atoms with Crippen LogP contribution in [0.5, 0.6) is 0 Å². The fourth-order valence-corrected chi connectivity index (χ4v) is 0.740. The normalized spacial score (nSPS) is 70.0. The third kappa shape index (κ3) is 0.119. The van der Waals surface area contributed by atoms with E-state index in [-0.39, 0.29) is 0 Å². The predicted octanol–water partition coefficient (Wildman–Crippen LogP) is 0.737. The summed E-state index contributed by atoms with van der Waals surface area (Å²) in [4.78, 5) is 0. The Labute approximate surface area is 33.0 Å². The molecule has 0 aromatic heterocycles. The summed E-state index contributed by atoms with van der Waals surface area (Å²) in [5.74, 6) is 0.975. The van der Waals surface area contributed by atoms with Gasteiger partial charge in [0.1, 0.15) is 0 Å². The quantitative estimate of drug-likeness (QED) is 0.364. The Morgan fingerprint density at radius 1 is 1.60 bits per heavy atom. The Kier molecular flexibility index (Phi) is 0.142. The van der Waals surface area contributed by atoms with Gasteiger partial charge < -0.3 is 0 Å². The van der Waals surface area contributed by atoms with Crippen LogP contribution in [-0.2, 0) is 0 Å². The van der Waals surface area contributed by atoms with Gasteiger partial charge in [-0.3, -0.25) is 0 Å². The molecule has 2 saturated carbocycles. The molecule has 0 saturated heterocycles. The Morgan fingerprint density at radius 3 is 1.80 bits per heavy atom. The third-order valence-corrected chi connectivity index (χ3v) is 1.75. The van der Waals surface area contributed by atoms with E-state index in [9.17, 15) is 0 Å². The molecule has 0 unspecified atom stereocenters. The van der Waals surface area contributed by atoms with Crippen LogP contribution in [-0.4, -0.2) is 7.85 Å². The van der Waals surface area contributed by atoms with Gasteiger partial charge in [-0.1, -0.05) is 18.2 Å². The second kappa shape index (κ2) is 0.312. The molecular weight excluding hydrogens is 58.9 g/mol. The van der Waals surface area contributed by atoms with Gasteiger partial charge in [0.2, 0.25) is 0 Å². The molecule has 2 fully saturated rings. The molecule has 2 rings (SSSR count). The van der Waals surface area contributed by atoms with Gasteiger partial charge in [-0.2, -0.15) is 0 Å². The predicted molar refractivity (Wildman–Crippen MR) is 21.2 cm³/mol. The van der Waals surface area contributed by atoms with Crippen molar-refractivity contribution in [3.63, 3.8) is 0 Å². The Balaban J connectivity index is 2.37. The van der Waals surface area contributed by atoms with Crippen LogP contribution in [0.1, 0.15) is 12.8 Å². The van der Waals surface area contributed by atoms with E-state index in [2.05, 4.69) is 0 Å². The van der Waals surface area contributed by atoms with Gasteiger partial charge in [0.15, 0.2) is 0 Å². The fourth-order valence-electron chi connectivity index (χ4n) is 0.740. The van der Waals surface area contributed by atoms with E-state index < -0.39 is 0 Å². The fraction of sp³-hybridized carbons (Fsp3) is 1.00. The average Bonchev–Trinajstić information content (AvgIpc) is 1.74. The van der Waals surface area contributed by atoms with Crippen molar-refractivity contribution >= 4 is 7.85 Å². The highest BCUT2D eigenvalue weighted by Crippen LogP contribution is 2.80.